The van der Waals surface area contributed by atoms with E-state index in [4.69, 9.17) is 11.6 Å². The Labute approximate surface area is 200 Å². The number of rotatable bonds is 6. The fourth-order valence-electron chi connectivity index (χ4n) is 3.08. The Morgan fingerprint density at radius 3 is 2.15 bits per heavy atom. The summed E-state index contributed by atoms with van der Waals surface area (Å²) >= 11 is 5.74. The van der Waals surface area contributed by atoms with Gasteiger partial charge in [0.15, 0.2) is 0 Å². The second-order valence-corrected chi connectivity index (χ2v) is 7.85. The fourth-order valence-corrected chi connectivity index (χ4v) is 3.26. The normalized spacial score (nSPS) is 10.5. The molecule has 0 aliphatic rings. The van der Waals surface area contributed by atoms with E-state index in [1.165, 1.54) is 18.2 Å². The Balaban J connectivity index is 1.38. The summed E-state index contributed by atoms with van der Waals surface area (Å²) in [4.78, 5) is 25.3. The van der Waals surface area contributed by atoms with Gasteiger partial charge >= 0.3 is 6.03 Å². The van der Waals surface area contributed by atoms with E-state index in [1.807, 2.05) is 19.1 Å². The van der Waals surface area contributed by atoms with Gasteiger partial charge in [0.05, 0.1) is 5.02 Å². The summed E-state index contributed by atoms with van der Waals surface area (Å²) in [5.41, 5.74) is 2.81. The molecule has 4 rings (SSSR count). The summed E-state index contributed by atoms with van der Waals surface area (Å²) < 4.78 is 13.3. The van der Waals surface area contributed by atoms with Crippen molar-refractivity contribution in [2.45, 2.75) is 13.8 Å². The third-order valence-corrected chi connectivity index (χ3v) is 4.89. The van der Waals surface area contributed by atoms with Gasteiger partial charge in [-0.05, 0) is 74.0 Å². The number of aryl methyl sites for hydroxylation is 2. The Bertz CT molecular complexity index is 1330. The Hall–Kier alpha value is -4.24. The molecule has 4 N–H and O–H groups in total. The minimum Gasteiger partial charge on any atom is -0.340 e. The number of aromatic nitrogens is 3. The summed E-state index contributed by atoms with van der Waals surface area (Å²) in [5.74, 6) is 1.96. The predicted molar refractivity (Wildman–Crippen MR) is 133 cm³/mol. The molecule has 0 fully saturated rings. The van der Waals surface area contributed by atoms with Crippen LogP contribution in [0.2, 0.25) is 5.02 Å². The van der Waals surface area contributed by atoms with Crippen LogP contribution in [0.25, 0.3) is 0 Å². The summed E-state index contributed by atoms with van der Waals surface area (Å²) in [7, 11) is 0. The molecule has 10 heteroatoms. The van der Waals surface area contributed by atoms with Crippen LogP contribution >= 0.6 is 11.6 Å². The number of carbonyl (C=O) groups excluding carboxylic acids is 1. The minimum absolute atomic E-state index is 0.0679. The largest absolute Gasteiger partial charge is 0.340 e. The summed E-state index contributed by atoms with van der Waals surface area (Å²) in [6.45, 7) is 3.80. The van der Waals surface area contributed by atoms with Crippen LogP contribution in [0.4, 0.5) is 43.7 Å². The topological polar surface area (TPSA) is 104 Å². The zero-order valence-corrected chi connectivity index (χ0v) is 19.1. The van der Waals surface area contributed by atoms with E-state index < -0.39 is 11.8 Å². The quantitative estimate of drug-likeness (QED) is 0.256. The molecular formula is C24H21ClFN7O. The minimum atomic E-state index is -0.552. The van der Waals surface area contributed by atoms with Crippen molar-refractivity contribution in [2.75, 3.05) is 21.3 Å². The number of anilines is 6. The van der Waals surface area contributed by atoms with Crippen molar-refractivity contribution < 1.29 is 9.18 Å². The zero-order valence-electron chi connectivity index (χ0n) is 18.4. The second kappa shape index (κ2) is 10.1. The molecule has 0 aliphatic carbocycles. The van der Waals surface area contributed by atoms with Gasteiger partial charge in [0.25, 0.3) is 0 Å². The van der Waals surface area contributed by atoms with Gasteiger partial charge in [-0.1, -0.05) is 11.6 Å². The highest BCUT2D eigenvalue weighted by Gasteiger charge is 2.07. The number of halogens is 2. The van der Waals surface area contributed by atoms with Crippen molar-refractivity contribution >= 4 is 52.1 Å². The Morgan fingerprint density at radius 2 is 1.44 bits per heavy atom. The maximum atomic E-state index is 13.3. The molecule has 0 saturated heterocycles. The maximum Gasteiger partial charge on any atom is 0.323 e. The fraction of sp³-hybridized carbons (Fsp3) is 0.0833. The van der Waals surface area contributed by atoms with E-state index in [2.05, 4.69) is 36.2 Å². The lowest BCUT2D eigenvalue weighted by Crippen LogP contribution is -2.19. The smallest absolute Gasteiger partial charge is 0.323 e. The lowest BCUT2D eigenvalue weighted by Gasteiger charge is -2.11. The van der Waals surface area contributed by atoms with Gasteiger partial charge in [-0.3, -0.25) is 0 Å². The van der Waals surface area contributed by atoms with Crippen molar-refractivity contribution in [2.24, 2.45) is 0 Å². The molecule has 172 valence electrons. The van der Waals surface area contributed by atoms with E-state index in [0.29, 0.717) is 34.7 Å². The lowest BCUT2D eigenvalue weighted by atomic mass is 10.2. The van der Waals surface area contributed by atoms with Crippen LogP contribution in [-0.2, 0) is 0 Å². The first-order chi connectivity index (χ1) is 16.3. The number of carbonyl (C=O) groups is 1. The van der Waals surface area contributed by atoms with Crippen LogP contribution in [0.3, 0.4) is 0 Å². The molecule has 2 heterocycles. The van der Waals surface area contributed by atoms with Gasteiger partial charge in [0.1, 0.15) is 29.1 Å². The number of hydrogen-bond acceptors (Lipinski definition) is 6. The second-order valence-electron chi connectivity index (χ2n) is 7.44. The molecule has 4 aromatic rings. The van der Waals surface area contributed by atoms with Crippen LogP contribution in [0.5, 0.6) is 0 Å². The first kappa shape index (κ1) is 22.9. The van der Waals surface area contributed by atoms with Crippen LogP contribution in [-0.4, -0.2) is 21.0 Å². The van der Waals surface area contributed by atoms with Crippen LogP contribution in [0.15, 0.2) is 66.9 Å². The van der Waals surface area contributed by atoms with Crippen molar-refractivity contribution in [1.82, 2.24) is 15.0 Å². The van der Waals surface area contributed by atoms with Gasteiger partial charge in [0.2, 0.25) is 0 Å². The molecule has 0 unspecified atom stereocenters. The highest BCUT2D eigenvalue weighted by Crippen LogP contribution is 2.22. The average Bonchev–Trinajstić information content (AvgIpc) is 2.77. The number of amides is 2. The van der Waals surface area contributed by atoms with Crippen molar-refractivity contribution in [3.63, 3.8) is 0 Å². The summed E-state index contributed by atoms with van der Waals surface area (Å²) in [6.07, 6.45) is 1.73. The van der Waals surface area contributed by atoms with Gasteiger partial charge in [-0.15, -0.1) is 0 Å². The molecular weight excluding hydrogens is 457 g/mol. The molecule has 34 heavy (non-hydrogen) atoms. The predicted octanol–water partition coefficient (Wildman–Crippen LogP) is 6.41. The molecule has 0 aliphatic heterocycles. The molecule has 0 atom stereocenters. The van der Waals surface area contributed by atoms with E-state index in [9.17, 15) is 9.18 Å². The molecule has 0 saturated carbocycles. The van der Waals surface area contributed by atoms with Gasteiger partial charge in [-0.25, -0.2) is 24.1 Å². The van der Waals surface area contributed by atoms with E-state index in [-0.39, 0.29) is 5.02 Å². The first-order valence-corrected chi connectivity index (χ1v) is 10.7. The highest BCUT2D eigenvalue weighted by molar-refractivity contribution is 6.31. The van der Waals surface area contributed by atoms with E-state index >= 15 is 0 Å². The SMILES string of the molecule is Cc1ccnc(Nc2cc(Nc3ccc(NC(=O)Nc4ccc(F)c(Cl)c4)cc3)nc(C)n2)c1. The summed E-state index contributed by atoms with van der Waals surface area (Å²) in [6, 6.07) is 16.2. The molecule has 0 bridgehead atoms. The van der Waals surface area contributed by atoms with Gasteiger partial charge < -0.3 is 21.3 Å². The molecule has 0 radical (unpaired) electrons. The highest BCUT2D eigenvalue weighted by atomic mass is 35.5. The molecule has 2 aromatic heterocycles. The van der Waals surface area contributed by atoms with Crippen LogP contribution in [0.1, 0.15) is 11.4 Å². The first-order valence-electron chi connectivity index (χ1n) is 10.3. The Kier molecular flexibility index (Phi) is 6.84. The van der Waals surface area contributed by atoms with Crippen LogP contribution < -0.4 is 21.3 Å². The maximum absolute atomic E-state index is 13.3. The number of hydrogen-bond donors (Lipinski definition) is 4. The van der Waals surface area contributed by atoms with Crippen molar-refractivity contribution in [3.05, 3.63) is 89.1 Å². The standard InChI is InChI=1S/C24H21ClFN7O/c1-14-9-10-27-21(11-14)33-23-13-22(28-15(2)29-23)30-16-3-5-17(6-4-16)31-24(34)32-18-7-8-20(26)19(25)12-18/h3-13H,1-2H3,(H2,31,32,34)(H2,27,28,29,30,33). The molecule has 2 aromatic carbocycles. The van der Waals surface area contributed by atoms with Crippen molar-refractivity contribution in [1.29, 1.82) is 0 Å². The number of benzene rings is 2. The van der Waals surface area contributed by atoms with Crippen LogP contribution in [0, 0.1) is 19.7 Å². The third-order valence-electron chi connectivity index (χ3n) is 4.60. The molecule has 0 spiro atoms. The number of pyridine rings is 1. The number of urea groups is 1. The Morgan fingerprint density at radius 1 is 0.794 bits per heavy atom. The lowest BCUT2D eigenvalue weighted by molar-refractivity contribution is 0.262. The van der Waals surface area contributed by atoms with E-state index in [0.717, 1.165) is 11.3 Å². The molecule has 2 amide bonds. The summed E-state index contributed by atoms with van der Waals surface area (Å²) in [5, 5.41) is 11.7. The van der Waals surface area contributed by atoms with Gasteiger partial charge in [0, 0.05) is 29.3 Å². The molecule has 8 nitrogen and oxygen atoms in total. The third kappa shape index (κ3) is 6.17. The van der Waals surface area contributed by atoms with Gasteiger partial charge in [-0.2, -0.15) is 0 Å². The zero-order chi connectivity index (χ0) is 24.1. The monoisotopic (exact) mass is 477 g/mol. The number of nitrogens with one attached hydrogen (secondary N) is 4. The van der Waals surface area contributed by atoms with Crippen molar-refractivity contribution in [3.8, 4) is 0 Å². The number of nitrogens with zero attached hydrogens (tertiary/aromatic N) is 3. The average molecular weight is 478 g/mol. The van der Waals surface area contributed by atoms with E-state index in [1.54, 1.807) is 43.5 Å².